The molecule has 1 aliphatic heterocycles. The van der Waals surface area contributed by atoms with Gasteiger partial charge in [-0.05, 0) is 24.1 Å². The molecule has 2 aromatic carbocycles. The van der Waals surface area contributed by atoms with Crippen LogP contribution in [0.15, 0.2) is 48.5 Å². The molecule has 0 aromatic heterocycles. The number of nitrogens with zero attached hydrogens (tertiary/aromatic N) is 1. The van der Waals surface area contributed by atoms with Gasteiger partial charge in [-0.15, -0.1) is 0 Å². The number of ether oxygens (including phenoxy) is 1. The first-order valence-corrected chi connectivity index (χ1v) is 9.77. The van der Waals surface area contributed by atoms with Gasteiger partial charge in [0.25, 0.3) is 5.91 Å². The summed E-state index contributed by atoms with van der Waals surface area (Å²) < 4.78 is 15.9. The molecular weight excluding hydrogens is 405 g/mol. The van der Waals surface area contributed by atoms with Gasteiger partial charge in [0.1, 0.15) is 6.67 Å². The lowest BCUT2D eigenvalue weighted by atomic mass is 9.98. The van der Waals surface area contributed by atoms with Crippen molar-refractivity contribution in [2.45, 2.75) is 19.4 Å². The van der Waals surface area contributed by atoms with Crippen LogP contribution in [0.3, 0.4) is 0 Å². The van der Waals surface area contributed by atoms with E-state index in [0.29, 0.717) is 13.0 Å². The lowest BCUT2D eigenvalue weighted by molar-refractivity contribution is -0.125. The number of β-amino-alcohol motifs (C(OH)–C–C–N with tert-alkyl or cyclic N) is 1. The molecule has 4 N–H and O–H groups in total. The molecule has 1 heterocycles. The van der Waals surface area contributed by atoms with Crippen molar-refractivity contribution in [3.8, 4) is 11.1 Å². The van der Waals surface area contributed by atoms with Crippen LogP contribution in [0, 0.1) is 0 Å². The maximum Gasteiger partial charge on any atom is 0.407 e. The second kappa shape index (κ2) is 11.7. The number of amides is 3. The molecule has 0 bridgehead atoms. The van der Waals surface area contributed by atoms with Gasteiger partial charge in [0.05, 0.1) is 18.7 Å². The number of fused-ring (bicyclic) bond motifs is 3. The number of benzene rings is 2. The Kier molecular flexibility index (Phi) is 8.95. The highest BCUT2D eigenvalue weighted by Crippen LogP contribution is 2.36. The van der Waals surface area contributed by atoms with Gasteiger partial charge >= 0.3 is 6.09 Å². The van der Waals surface area contributed by atoms with Gasteiger partial charge in [0.15, 0.2) is 6.10 Å². The zero-order chi connectivity index (χ0) is 22.8. The fourth-order valence-corrected chi connectivity index (χ4v) is 3.02. The Hall–Kier alpha value is -3.46. The molecule has 1 atom stereocenters. The van der Waals surface area contributed by atoms with Crippen LogP contribution >= 0.6 is 0 Å². The van der Waals surface area contributed by atoms with Crippen LogP contribution < -0.4 is 16.0 Å². The molecule has 0 spiro atoms. The monoisotopic (exact) mass is 431 g/mol. The smallest absolute Gasteiger partial charge is 0.407 e. The minimum Gasteiger partial charge on any atom is -0.436 e. The fraction of sp³-hybridized carbons (Fsp3) is 0.318. The number of halogens is 1. The van der Waals surface area contributed by atoms with Crippen molar-refractivity contribution in [3.63, 3.8) is 0 Å². The number of alkyl halides is 1. The third kappa shape index (κ3) is 6.51. The Bertz CT molecular complexity index is 922. The number of primary amides is 1. The van der Waals surface area contributed by atoms with E-state index < -0.39 is 24.8 Å². The molecule has 0 aliphatic carbocycles. The van der Waals surface area contributed by atoms with Gasteiger partial charge in [-0.3, -0.25) is 9.59 Å². The summed E-state index contributed by atoms with van der Waals surface area (Å²) in [5.41, 5.74) is 8.87. The predicted molar refractivity (Wildman–Crippen MR) is 114 cm³/mol. The predicted octanol–water partition coefficient (Wildman–Crippen LogP) is 1.79. The number of carbonyl (C=O) groups is 3. The highest BCUT2D eigenvalue weighted by molar-refractivity contribution is 6.02. The molecule has 0 unspecified atom stereocenters. The molecule has 0 fully saturated rings. The SMILES string of the molecule is C[C@H](OC(=O)NCCF)C(N)=O.O=C1Cc2ccccc2-c2ccccc2N1CCO. The molecule has 3 amide bonds. The van der Waals surface area contributed by atoms with E-state index in [-0.39, 0.29) is 19.1 Å². The zero-order valence-electron chi connectivity index (χ0n) is 17.2. The number of anilines is 1. The minimum absolute atomic E-state index is 0.0313. The number of alkyl carbamates (subject to hydrolysis) is 1. The molecular formula is C22H26FN3O5. The number of hydrogen-bond donors (Lipinski definition) is 3. The van der Waals surface area contributed by atoms with Crippen LogP contribution in [0.25, 0.3) is 11.1 Å². The maximum absolute atomic E-state index is 12.3. The molecule has 1 aliphatic rings. The van der Waals surface area contributed by atoms with Crippen LogP contribution in [-0.2, 0) is 20.7 Å². The highest BCUT2D eigenvalue weighted by Gasteiger charge is 2.24. The van der Waals surface area contributed by atoms with E-state index in [0.717, 1.165) is 22.4 Å². The third-order valence-electron chi connectivity index (χ3n) is 4.52. The van der Waals surface area contributed by atoms with Gasteiger partial charge in [-0.1, -0.05) is 42.5 Å². The molecule has 8 nitrogen and oxygen atoms in total. The second-order valence-corrected chi connectivity index (χ2v) is 6.69. The van der Waals surface area contributed by atoms with Crippen molar-refractivity contribution in [1.82, 2.24) is 5.32 Å². The van der Waals surface area contributed by atoms with Crippen LogP contribution in [0.5, 0.6) is 0 Å². The molecule has 2 aromatic rings. The van der Waals surface area contributed by atoms with Gasteiger partial charge in [0.2, 0.25) is 5.91 Å². The Morgan fingerprint density at radius 2 is 1.84 bits per heavy atom. The maximum atomic E-state index is 12.3. The summed E-state index contributed by atoms with van der Waals surface area (Å²) in [5.74, 6) is -0.711. The van der Waals surface area contributed by atoms with Gasteiger partial charge in [-0.2, -0.15) is 0 Å². The third-order valence-corrected chi connectivity index (χ3v) is 4.52. The Balaban J connectivity index is 0.000000248. The van der Waals surface area contributed by atoms with E-state index in [9.17, 15) is 23.9 Å². The number of rotatable bonds is 6. The Morgan fingerprint density at radius 3 is 2.48 bits per heavy atom. The largest absolute Gasteiger partial charge is 0.436 e. The molecule has 3 rings (SSSR count). The lowest BCUT2D eigenvalue weighted by Crippen LogP contribution is -2.35. The number of aliphatic hydroxyl groups is 1. The van der Waals surface area contributed by atoms with Crippen molar-refractivity contribution in [2.75, 3.05) is 31.3 Å². The molecule has 166 valence electrons. The van der Waals surface area contributed by atoms with Crippen molar-refractivity contribution in [1.29, 1.82) is 0 Å². The number of nitrogens with one attached hydrogen (secondary N) is 1. The zero-order valence-corrected chi connectivity index (χ0v) is 17.2. The van der Waals surface area contributed by atoms with Crippen LogP contribution in [0.4, 0.5) is 14.9 Å². The first kappa shape index (κ1) is 23.8. The van der Waals surface area contributed by atoms with Gasteiger partial charge in [0, 0.05) is 18.7 Å². The second-order valence-electron chi connectivity index (χ2n) is 6.69. The molecule has 31 heavy (non-hydrogen) atoms. The average Bonchev–Trinajstić information content (AvgIpc) is 2.88. The average molecular weight is 431 g/mol. The van der Waals surface area contributed by atoms with Gasteiger partial charge < -0.3 is 25.8 Å². The molecule has 0 radical (unpaired) electrons. The number of aliphatic hydroxyl groups excluding tert-OH is 1. The standard InChI is InChI=1S/C16H15NO2.C6H11FN2O3/c18-10-9-17-15-8-4-3-7-14(15)13-6-2-1-5-12(13)11-16(17)19;1-4(5(8)10)12-6(11)9-3-2-7/h1-8,18H,9-11H2;4H,2-3H2,1H3,(H2,8,10)(H,9,11)/t;4-/m.0/s1. The molecule has 0 saturated heterocycles. The summed E-state index contributed by atoms with van der Waals surface area (Å²) in [6.45, 7) is 0.821. The summed E-state index contributed by atoms with van der Waals surface area (Å²) in [5, 5.41) is 11.3. The normalized spacial score (nSPS) is 13.0. The van der Waals surface area contributed by atoms with E-state index >= 15 is 0 Å². The van der Waals surface area contributed by atoms with E-state index in [1.54, 1.807) is 4.90 Å². The van der Waals surface area contributed by atoms with Crippen LogP contribution in [0.1, 0.15) is 12.5 Å². The topological polar surface area (TPSA) is 122 Å². The van der Waals surface area contributed by atoms with Crippen molar-refractivity contribution in [2.24, 2.45) is 5.73 Å². The van der Waals surface area contributed by atoms with E-state index in [2.05, 4.69) is 10.1 Å². The number of hydrogen-bond acceptors (Lipinski definition) is 5. The van der Waals surface area contributed by atoms with Crippen molar-refractivity contribution in [3.05, 3.63) is 54.1 Å². The number of carbonyl (C=O) groups excluding carboxylic acids is 3. The Labute approximate surface area is 179 Å². The number of nitrogens with two attached hydrogens (primary N) is 1. The summed E-state index contributed by atoms with van der Waals surface area (Å²) in [7, 11) is 0. The summed E-state index contributed by atoms with van der Waals surface area (Å²) >= 11 is 0. The van der Waals surface area contributed by atoms with E-state index in [1.165, 1.54) is 6.92 Å². The summed E-state index contributed by atoms with van der Waals surface area (Å²) in [6.07, 6.45) is -1.46. The van der Waals surface area contributed by atoms with Crippen molar-refractivity contribution >= 4 is 23.6 Å². The van der Waals surface area contributed by atoms with Crippen molar-refractivity contribution < 1.29 is 28.6 Å². The lowest BCUT2D eigenvalue weighted by Gasteiger charge is -2.21. The Morgan fingerprint density at radius 1 is 1.19 bits per heavy atom. The first-order chi connectivity index (χ1) is 14.9. The summed E-state index contributed by atoms with van der Waals surface area (Å²) in [4.78, 5) is 35.0. The van der Waals surface area contributed by atoms with Gasteiger partial charge in [-0.25, -0.2) is 9.18 Å². The highest BCUT2D eigenvalue weighted by atomic mass is 19.1. The van der Waals surface area contributed by atoms with E-state index in [4.69, 9.17) is 5.73 Å². The fourth-order valence-electron chi connectivity index (χ4n) is 3.02. The first-order valence-electron chi connectivity index (χ1n) is 9.77. The minimum atomic E-state index is -0.996. The van der Waals surface area contributed by atoms with E-state index in [1.807, 2.05) is 48.5 Å². The quantitative estimate of drug-likeness (QED) is 0.644. The van der Waals surface area contributed by atoms with Crippen LogP contribution in [-0.4, -0.2) is 55.5 Å². The summed E-state index contributed by atoms with van der Waals surface area (Å²) in [6, 6.07) is 15.8. The molecule has 9 heteroatoms. The molecule has 0 saturated carbocycles. The van der Waals surface area contributed by atoms with Crippen LogP contribution in [0.2, 0.25) is 0 Å². The number of para-hydroxylation sites is 1.